The molecule has 0 aliphatic carbocycles. The standard InChI is InChI=1S/C14H18N4OS2/c1-4-10-7-16-13(21-10)9(2)15-8-11-12(19-3)17-14-18(11)5-6-20-14/h5-7,9,15H,4,8H2,1-3H3. The molecule has 0 saturated carbocycles. The predicted molar refractivity (Wildman–Crippen MR) is 86.4 cm³/mol. The van der Waals surface area contributed by atoms with Gasteiger partial charge in [0.2, 0.25) is 5.88 Å². The molecular formula is C14H18N4OS2. The van der Waals surface area contributed by atoms with E-state index in [2.05, 4.69) is 33.5 Å². The van der Waals surface area contributed by atoms with Crippen molar-refractivity contribution >= 4 is 27.6 Å². The summed E-state index contributed by atoms with van der Waals surface area (Å²) in [5.41, 5.74) is 1.05. The summed E-state index contributed by atoms with van der Waals surface area (Å²) in [6.07, 6.45) is 5.03. The van der Waals surface area contributed by atoms with Gasteiger partial charge in [0.15, 0.2) is 4.96 Å². The molecule has 0 aromatic carbocycles. The first-order valence-corrected chi connectivity index (χ1v) is 8.59. The van der Waals surface area contributed by atoms with Crippen LogP contribution in [-0.2, 0) is 13.0 Å². The van der Waals surface area contributed by atoms with Gasteiger partial charge in [-0.05, 0) is 13.3 Å². The lowest BCUT2D eigenvalue weighted by atomic mass is 10.3. The van der Waals surface area contributed by atoms with Crippen LogP contribution in [0.3, 0.4) is 0 Å². The van der Waals surface area contributed by atoms with Gasteiger partial charge in [0.05, 0.1) is 13.2 Å². The Hall–Kier alpha value is -1.44. The minimum atomic E-state index is 0.212. The van der Waals surface area contributed by atoms with Gasteiger partial charge in [-0.15, -0.1) is 22.7 Å². The molecule has 3 heterocycles. The highest BCUT2D eigenvalue weighted by Gasteiger charge is 2.16. The second-order valence-corrected chi connectivity index (χ2v) is 6.76. The SMILES string of the molecule is CCc1cnc(C(C)NCc2c(OC)nc3sccn23)s1. The van der Waals surface area contributed by atoms with Gasteiger partial charge in [0, 0.05) is 29.2 Å². The molecule has 3 aromatic rings. The van der Waals surface area contributed by atoms with Crippen LogP contribution in [0.1, 0.15) is 35.5 Å². The molecule has 0 spiro atoms. The van der Waals surface area contributed by atoms with Gasteiger partial charge >= 0.3 is 0 Å². The fourth-order valence-electron chi connectivity index (χ4n) is 2.16. The van der Waals surface area contributed by atoms with Gasteiger partial charge in [-0.1, -0.05) is 6.92 Å². The number of nitrogens with zero attached hydrogens (tertiary/aromatic N) is 3. The highest BCUT2D eigenvalue weighted by atomic mass is 32.1. The Morgan fingerprint density at radius 1 is 1.48 bits per heavy atom. The molecule has 0 bridgehead atoms. The summed E-state index contributed by atoms with van der Waals surface area (Å²) in [6, 6.07) is 0.212. The molecule has 0 fully saturated rings. The summed E-state index contributed by atoms with van der Waals surface area (Å²) in [7, 11) is 1.66. The van der Waals surface area contributed by atoms with Crippen LogP contribution in [0.25, 0.3) is 4.96 Å². The van der Waals surface area contributed by atoms with E-state index < -0.39 is 0 Å². The molecule has 1 N–H and O–H groups in total. The molecule has 0 saturated heterocycles. The normalized spacial score (nSPS) is 12.9. The molecule has 1 unspecified atom stereocenters. The van der Waals surface area contributed by atoms with E-state index in [-0.39, 0.29) is 6.04 Å². The zero-order valence-electron chi connectivity index (χ0n) is 12.3. The van der Waals surface area contributed by atoms with Gasteiger partial charge in [0.1, 0.15) is 10.7 Å². The average molecular weight is 322 g/mol. The number of imidazole rings is 1. The lowest BCUT2D eigenvalue weighted by molar-refractivity contribution is 0.391. The number of fused-ring (bicyclic) bond motifs is 1. The molecule has 0 amide bonds. The molecule has 7 heteroatoms. The first-order chi connectivity index (χ1) is 10.2. The van der Waals surface area contributed by atoms with Crippen molar-refractivity contribution in [2.75, 3.05) is 7.11 Å². The Balaban J connectivity index is 1.74. The Bertz CT molecular complexity index is 730. The third-order valence-electron chi connectivity index (χ3n) is 3.38. The topological polar surface area (TPSA) is 51.5 Å². The van der Waals surface area contributed by atoms with E-state index in [0.717, 1.165) is 22.1 Å². The van der Waals surface area contributed by atoms with E-state index in [4.69, 9.17) is 4.74 Å². The maximum absolute atomic E-state index is 5.37. The van der Waals surface area contributed by atoms with E-state index in [0.29, 0.717) is 12.4 Å². The molecule has 3 aromatic heterocycles. The summed E-state index contributed by atoms with van der Waals surface area (Å²) < 4.78 is 7.44. The van der Waals surface area contributed by atoms with E-state index in [9.17, 15) is 0 Å². The minimum absolute atomic E-state index is 0.212. The third-order valence-corrected chi connectivity index (χ3v) is 5.46. The average Bonchev–Trinajstić information content (AvgIpc) is 3.19. The first kappa shape index (κ1) is 14.5. The summed E-state index contributed by atoms with van der Waals surface area (Å²) in [4.78, 5) is 11.2. The van der Waals surface area contributed by atoms with Gasteiger partial charge < -0.3 is 10.1 Å². The second kappa shape index (κ2) is 6.13. The highest BCUT2D eigenvalue weighted by Crippen LogP contribution is 2.25. The van der Waals surface area contributed by atoms with Crippen LogP contribution in [0.5, 0.6) is 5.88 Å². The Kier molecular flexibility index (Phi) is 4.23. The number of rotatable bonds is 6. The van der Waals surface area contributed by atoms with Crippen molar-refractivity contribution in [1.82, 2.24) is 19.7 Å². The van der Waals surface area contributed by atoms with Gasteiger partial charge in [0.25, 0.3) is 0 Å². The Morgan fingerprint density at radius 2 is 2.33 bits per heavy atom. The van der Waals surface area contributed by atoms with Gasteiger partial charge in [-0.25, -0.2) is 4.98 Å². The van der Waals surface area contributed by atoms with Crippen LogP contribution in [0.15, 0.2) is 17.8 Å². The number of aromatic nitrogens is 3. The minimum Gasteiger partial charge on any atom is -0.480 e. The van der Waals surface area contributed by atoms with E-state index >= 15 is 0 Å². The number of thiazole rings is 2. The lowest BCUT2D eigenvalue weighted by Crippen LogP contribution is -2.19. The first-order valence-electron chi connectivity index (χ1n) is 6.89. The summed E-state index contributed by atoms with van der Waals surface area (Å²) in [5, 5.41) is 6.66. The Labute approximate surface area is 131 Å². The molecule has 112 valence electrons. The molecular weight excluding hydrogens is 304 g/mol. The number of ether oxygens (including phenoxy) is 1. The van der Waals surface area contributed by atoms with Crippen molar-refractivity contribution in [2.45, 2.75) is 32.9 Å². The molecule has 1 atom stereocenters. The second-order valence-electron chi connectivity index (χ2n) is 4.74. The summed E-state index contributed by atoms with van der Waals surface area (Å²) in [6.45, 7) is 4.99. The Morgan fingerprint density at radius 3 is 3.05 bits per heavy atom. The predicted octanol–water partition coefficient (Wildman–Crippen LogP) is 3.27. The fourth-order valence-corrected chi connectivity index (χ4v) is 3.77. The van der Waals surface area contributed by atoms with Crippen LogP contribution in [0, 0.1) is 0 Å². The van der Waals surface area contributed by atoms with Crippen LogP contribution in [-0.4, -0.2) is 21.5 Å². The van der Waals surface area contributed by atoms with E-state index in [1.54, 1.807) is 29.8 Å². The molecule has 0 radical (unpaired) electrons. The number of methoxy groups -OCH3 is 1. The number of hydrogen-bond acceptors (Lipinski definition) is 6. The highest BCUT2D eigenvalue weighted by molar-refractivity contribution is 7.15. The zero-order chi connectivity index (χ0) is 14.8. The molecule has 0 aliphatic heterocycles. The van der Waals surface area contributed by atoms with Crippen LogP contribution >= 0.6 is 22.7 Å². The van der Waals surface area contributed by atoms with Crippen LogP contribution in [0.2, 0.25) is 0 Å². The van der Waals surface area contributed by atoms with Crippen molar-refractivity contribution in [3.05, 3.63) is 33.4 Å². The molecule has 0 aliphatic rings. The van der Waals surface area contributed by atoms with Gasteiger partial charge in [-0.2, -0.15) is 4.98 Å². The maximum atomic E-state index is 5.37. The van der Waals surface area contributed by atoms with Crippen molar-refractivity contribution in [1.29, 1.82) is 0 Å². The molecule has 5 nitrogen and oxygen atoms in total. The van der Waals surface area contributed by atoms with E-state index in [1.807, 2.05) is 17.8 Å². The van der Waals surface area contributed by atoms with Crippen LogP contribution in [0.4, 0.5) is 0 Å². The summed E-state index contributed by atoms with van der Waals surface area (Å²) >= 11 is 3.38. The number of aryl methyl sites for hydroxylation is 1. The van der Waals surface area contributed by atoms with Crippen molar-refractivity contribution in [2.24, 2.45) is 0 Å². The zero-order valence-corrected chi connectivity index (χ0v) is 13.9. The number of nitrogens with one attached hydrogen (secondary N) is 1. The largest absolute Gasteiger partial charge is 0.480 e. The lowest BCUT2D eigenvalue weighted by Gasteiger charge is -2.11. The molecule has 3 rings (SSSR count). The number of hydrogen-bond donors (Lipinski definition) is 1. The quantitative estimate of drug-likeness (QED) is 0.757. The van der Waals surface area contributed by atoms with Crippen molar-refractivity contribution in [3.8, 4) is 5.88 Å². The van der Waals surface area contributed by atoms with E-state index in [1.165, 1.54) is 4.88 Å². The van der Waals surface area contributed by atoms with Crippen LogP contribution < -0.4 is 10.1 Å². The van der Waals surface area contributed by atoms with Gasteiger partial charge in [-0.3, -0.25) is 4.40 Å². The fraction of sp³-hybridized carbons (Fsp3) is 0.429. The molecule has 21 heavy (non-hydrogen) atoms. The smallest absolute Gasteiger partial charge is 0.237 e. The third kappa shape index (κ3) is 2.81. The maximum Gasteiger partial charge on any atom is 0.237 e. The summed E-state index contributed by atoms with van der Waals surface area (Å²) in [5.74, 6) is 0.690. The van der Waals surface area contributed by atoms with Crippen molar-refractivity contribution < 1.29 is 4.74 Å². The monoisotopic (exact) mass is 322 g/mol. The van der Waals surface area contributed by atoms with Crippen molar-refractivity contribution in [3.63, 3.8) is 0 Å².